The van der Waals surface area contributed by atoms with Crippen LogP contribution in [0.2, 0.25) is 0 Å². The van der Waals surface area contributed by atoms with E-state index < -0.39 is 23.6 Å². The Kier molecular flexibility index (Phi) is 3.38. The van der Waals surface area contributed by atoms with Gasteiger partial charge in [0.15, 0.2) is 11.5 Å². The SMILES string of the molecule is COC1=C/C(=C2/C=C(OC)C(=O)NC2=O)C(=O)NC1=O. The van der Waals surface area contributed by atoms with E-state index in [2.05, 4.69) is 0 Å². The van der Waals surface area contributed by atoms with Gasteiger partial charge < -0.3 is 9.47 Å². The molecule has 0 radical (unpaired) electrons. The summed E-state index contributed by atoms with van der Waals surface area (Å²) in [5.74, 6) is -3.17. The standard InChI is InChI=1S/C12H10N2O6/c1-19-7-3-5(9(15)13-11(7)17)6-4-8(20-2)12(18)14-10(6)16/h3-4H,1-2H3,(H,13,15,17)(H,14,16,18)/b6-5+. The summed E-state index contributed by atoms with van der Waals surface area (Å²) in [7, 11) is 2.51. The molecule has 8 nitrogen and oxygen atoms in total. The lowest BCUT2D eigenvalue weighted by atomic mass is 10.00. The number of hydrogen-bond donors (Lipinski definition) is 2. The smallest absolute Gasteiger partial charge is 0.293 e. The number of carbonyl (C=O) groups is 4. The molecule has 0 aromatic carbocycles. The van der Waals surface area contributed by atoms with Gasteiger partial charge in [0.2, 0.25) is 0 Å². The zero-order valence-corrected chi connectivity index (χ0v) is 10.6. The molecule has 20 heavy (non-hydrogen) atoms. The number of carbonyl (C=O) groups excluding carboxylic acids is 4. The van der Waals surface area contributed by atoms with Crippen LogP contribution in [-0.4, -0.2) is 37.8 Å². The molecule has 0 saturated heterocycles. The Hall–Kier alpha value is -2.90. The van der Waals surface area contributed by atoms with Gasteiger partial charge in [-0.25, -0.2) is 0 Å². The minimum absolute atomic E-state index is 0.0963. The Morgan fingerprint density at radius 3 is 1.35 bits per heavy atom. The molecular weight excluding hydrogens is 268 g/mol. The largest absolute Gasteiger partial charge is 0.491 e. The Balaban J connectivity index is 2.60. The fourth-order valence-electron chi connectivity index (χ4n) is 1.69. The minimum Gasteiger partial charge on any atom is -0.491 e. The lowest BCUT2D eigenvalue weighted by molar-refractivity contribution is -0.131. The van der Waals surface area contributed by atoms with Crippen molar-refractivity contribution in [2.24, 2.45) is 0 Å². The molecule has 2 aliphatic rings. The Morgan fingerprint density at radius 2 is 1.05 bits per heavy atom. The van der Waals surface area contributed by atoms with Crippen LogP contribution < -0.4 is 10.6 Å². The second-order valence-corrected chi connectivity index (χ2v) is 3.82. The van der Waals surface area contributed by atoms with E-state index in [9.17, 15) is 19.2 Å². The number of methoxy groups -OCH3 is 2. The van der Waals surface area contributed by atoms with Crippen molar-refractivity contribution in [1.82, 2.24) is 10.6 Å². The van der Waals surface area contributed by atoms with E-state index in [1.54, 1.807) is 0 Å². The molecule has 0 atom stereocenters. The number of amides is 4. The first kappa shape index (κ1) is 13.5. The summed E-state index contributed by atoms with van der Waals surface area (Å²) < 4.78 is 9.59. The average Bonchev–Trinajstić information content (AvgIpc) is 2.40. The van der Waals surface area contributed by atoms with E-state index in [0.717, 1.165) is 12.2 Å². The summed E-state index contributed by atoms with van der Waals surface area (Å²) >= 11 is 0. The molecule has 4 amide bonds. The van der Waals surface area contributed by atoms with Crippen molar-refractivity contribution < 1.29 is 28.7 Å². The van der Waals surface area contributed by atoms with Crippen LogP contribution in [0.1, 0.15) is 0 Å². The number of imide groups is 2. The highest BCUT2D eigenvalue weighted by molar-refractivity contribution is 6.22. The second kappa shape index (κ2) is 5.00. The third kappa shape index (κ3) is 2.18. The van der Waals surface area contributed by atoms with Gasteiger partial charge in [0.05, 0.1) is 25.4 Å². The molecule has 2 rings (SSSR count). The van der Waals surface area contributed by atoms with E-state index >= 15 is 0 Å². The molecule has 2 N–H and O–H groups in total. The number of rotatable bonds is 2. The summed E-state index contributed by atoms with van der Waals surface area (Å²) in [6, 6.07) is 0. The van der Waals surface area contributed by atoms with Crippen molar-refractivity contribution in [3.8, 4) is 0 Å². The molecule has 0 aromatic rings. The predicted octanol–water partition coefficient (Wildman–Crippen LogP) is -1.34. The summed E-state index contributed by atoms with van der Waals surface area (Å²) in [5.41, 5.74) is -0.193. The molecule has 0 saturated carbocycles. The van der Waals surface area contributed by atoms with E-state index in [-0.39, 0.29) is 22.7 Å². The van der Waals surface area contributed by atoms with E-state index in [1.807, 2.05) is 10.6 Å². The molecule has 0 fully saturated rings. The Morgan fingerprint density at radius 1 is 0.700 bits per heavy atom. The molecule has 0 spiro atoms. The van der Waals surface area contributed by atoms with Crippen molar-refractivity contribution in [3.05, 3.63) is 34.8 Å². The van der Waals surface area contributed by atoms with Crippen LogP contribution in [0.25, 0.3) is 0 Å². The third-order valence-electron chi connectivity index (χ3n) is 2.67. The highest BCUT2D eigenvalue weighted by Crippen LogP contribution is 2.20. The lowest BCUT2D eigenvalue weighted by Crippen LogP contribution is -2.41. The zero-order valence-electron chi connectivity index (χ0n) is 10.6. The van der Waals surface area contributed by atoms with Crippen molar-refractivity contribution in [1.29, 1.82) is 0 Å². The van der Waals surface area contributed by atoms with Gasteiger partial charge in [-0.15, -0.1) is 0 Å². The van der Waals surface area contributed by atoms with Gasteiger partial charge in [-0.05, 0) is 12.2 Å². The molecule has 8 heteroatoms. The molecule has 0 aliphatic carbocycles. The number of hydrogen-bond acceptors (Lipinski definition) is 6. The first-order chi connectivity index (χ1) is 9.47. The molecule has 2 heterocycles. The van der Waals surface area contributed by atoms with Gasteiger partial charge in [-0.1, -0.05) is 0 Å². The Labute approximate surface area is 113 Å². The minimum atomic E-state index is -0.762. The van der Waals surface area contributed by atoms with Crippen LogP contribution in [0.5, 0.6) is 0 Å². The molecular formula is C12H10N2O6. The van der Waals surface area contributed by atoms with E-state index in [4.69, 9.17) is 9.47 Å². The van der Waals surface area contributed by atoms with Crippen LogP contribution in [0, 0.1) is 0 Å². The van der Waals surface area contributed by atoms with Crippen LogP contribution in [-0.2, 0) is 28.7 Å². The van der Waals surface area contributed by atoms with Crippen molar-refractivity contribution in [2.45, 2.75) is 0 Å². The van der Waals surface area contributed by atoms with Crippen LogP contribution in [0.15, 0.2) is 34.8 Å². The fraction of sp³-hybridized carbons (Fsp3) is 0.167. The van der Waals surface area contributed by atoms with Gasteiger partial charge in [0, 0.05) is 0 Å². The first-order valence-corrected chi connectivity index (χ1v) is 5.45. The highest BCUT2D eigenvalue weighted by Gasteiger charge is 2.31. The third-order valence-corrected chi connectivity index (χ3v) is 2.67. The quantitative estimate of drug-likeness (QED) is 0.477. The van der Waals surface area contributed by atoms with Gasteiger partial charge >= 0.3 is 0 Å². The summed E-state index contributed by atoms with van der Waals surface area (Å²) in [5, 5.41) is 4.06. The molecule has 0 aromatic heterocycles. The average molecular weight is 278 g/mol. The number of ether oxygens (including phenoxy) is 2. The molecule has 0 bridgehead atoms. The van der Waals surface area contributed by atoms with Gasteiger partial charge in [0.25, 0.3) is 23.6 Å². The van der Waals surface area contributed by atoms with Gasteiger partial charge in [-0.3, -0.25) is 29.8 Å². The van der Waals surface area contributed by atoms with Gasteiger partial charge in [0.1, 0.15) is 0 Å². The van der Waals surface area contributed by atoms with Crippen molar-refractivity contribution >= 4 is 23.6 Å². The first-order valence-electron chi connectivity index (χ1n) is 5.45. The van der Waals surface area contributed by atoms with Crippen LogP contribution in [0.3, 0.4) is 0 Å². The topological polar surface area (TPSA) is 111 Å². The lowest BCUT2D eigenvalue weighted by Gasteiger charge is -2.19. The zero-order chi connectivity index (χ0) is 14.9. The maximum atomic E-state index is 11.8. The summed E-state index contributed by atoms with van der Waals surface area (Å²) in [4.78, 5) is 46.3. The highest BCUT2D eigenvalue weighted by atomic mass is 16.5. The van der Waals surface area contributed by atoms with Crippen molar-refractivity contribution in [2.75, 3.05) is 14.2 Å². The van der Waals surface area contributed by atoms with Crippen LogP contribution >= 0.6 is 0 Å². The summed E-state index contributed by atoms with van der Waals surface area (Å²) in [6.07, 6.45) is 2.27. The van der Waals surface area contributed by atoms with E-state index in [1.165, 1.54) is 14.2 Å². The second-order valence-electron chi connectivity index (χ2n) is 3.82. The van der Waals surface area contributed by atoms with E-state index in [0.29, 0.717) is 0 Å². The maximum absolute atomic E-state index is 11.8. The summed E-state index contributed by atoms with van der Waals surface area (Å²) in [6.45, 7) is 0. The van der Waals surface area contributed by atoms with Crippen molar-refractivity contribution in [3.63, 3.8) is 0 Å². The Bertz CT molecular complexity index is 572. The predicted molar refractivity (Wildman–Crippen MR) is 63.5 cm³/mol. The molecule has 2 aliphatic heterocycles. The molecule has 0 unspecified atom stereocenters. The van der Waals surface area contributed by atoms with Crippen LogP contribution in [0.4, 0.5) is 0 Å². The fourth-order valence-corrected chi connectivity index (χ4v) is 1.69. The normalized spacial score (nSPS) is 22.7. The monoisotopic (exact) mass is 278 g/mol. The molecule has 104 valence electrons. The van der Waals surface area contributed by atoms with Gasteiger partial charge in [-0.2, -0.15) is 0 Å². The number of nitrogens with one attached hydrogen (secondary N) is 2. The maximum Gasteiger partial charge on any atom is 0.293 e.